The molecule has 0 unspecified atom stereocenters. The Hall–Kier alpha value is -2.38. The van der Waals surface area contributed by atoms with Gasteiger partial charge in [-0.1, -0.05) is 0 Å². The lowest BCUT2D eigenvalue weighted by molar-refractivity contribution is -0.158. The van der Waals surface area contributed by atoms with Crippen LogP contribution in [0.5, 0.6) is 5.75 Å². The molecule has 3 atom stereocenters. The molecule has 1 fully saturated rings. The van der Waals surface area contributed by atoms with Crippen LogP contribution in [0, 0.1) is 0 Å². The molecule has 0 spiro atoms. The van der Waals surface area contributed by atoms with E-state index in [1.165, 1.54) is 33.3 Å². The minimum absolute atomic E-state index is 0.337. The lowest BCUT2D eigenvalue weighted by atomic mass is 9.93. The zero-order chi connectivity index (χ0) is 16.8. The molecule has 1 aromatic carbocycles. The van der Waals surface area contributed by atoms with Crippen LogP contribution in [0.25, 0.3) is 11.0 Å². The smallest absolute Gasteiger partial charge is 0.341 e. The summed E-state index contributed by atoms with van der Waals surface area (Å²) in [7, 11) is 2.77. The molecule has 1 aliphatic rings. The maximum atomic E-state index is 12.0. The van der Waals surface area contributed by atoms with Crippen LogP contribution in [0.15, 0.2) is 33.5 Å². The monoisotopic (exact) mass is 320 g/mol. The molecule has 1 aliphatic heterocycles. The third kappa shape index (κ3) is 2.29. The van der Waals surface area contributed by atoms with Gasteiger partial charge in [0.25, 0.3) is 0 Å². The molecule has 0 radical (unpaired) electrons. The van der Waals surface area contributed by atoms with Gasteiger partial charge in [0.15, 0.2) is 11.7 Å². The van der Waals surface area contributed by atoms with Crippen molar-refractivity contribution in [2.75, 3.05) is 14.2 Å². The number of aliphatic hydroxyl groups is 1. The Morgan fingerprint density at radius 1 is 1.22 bits per heavy atom. The third-order valence-corrected chi connectivity index (χ3v) is 4.19. The van der Waals surface area contributed by atoms with Gasteiger partial charge in [0.2, 0.25) is 0 Å². The van der Waals surface area contributed by atoms with Gasteiger partial charge in [0.05, 0.1) is 7.11 Å². The summed E-state index contributed by atoms with van der Waals surface area (Å²) in [4.78, 5) is 23.3. The number of carbonyl (C=O) groups excluding carboxylic acids is 1. The summed E-state index contributed by atoms with van der Waals surface area (Å²) in [5, 5.41) is 11.1. The van der Waals surface area contributed by atoms with E-state index in [9.17, 15) is 14.7 Å². The van der Waals surface area contributed by atoms with Crippen molar-refractivity contribution in [1.82, 2.24) is 0 Å². The lowest BCUT2D eigenvalue weighted by Crippen LogP contribution is -2.43. The molecule has 1 saturated heterocycles. The topological polar surface area (TPSA) is 95.2 Å². The summed E-state index contributed by atoms with van der Waals surface area (Å²) in [5.41, 5.74) is -1.12. The molecule has 1 aromatic heterocycles. The van der Waals surface area contributed by atoms with E-state index in [2.05, 4.69) is 0 Å². The number of benzene rings is 1. The van der Waals surface area contributed by atoms with Crippen molar-refractivity contribution in [2.24, 2.45) is 0 Å². The second kappa shape index (κ2) is 5.36. The van der Waals surface area contributed by atoms with Crippen LogP contribution in [0.3, 0.4) is 0 Å². The average Bonchev–Trinajstić information content (AvgIpc) is 2.78. The second-order valence-corrected chi connectivity index (χ2v) is 5.47. The first kappa shape index (κ1) is 15.5. The highest BCUT2D eigenvalue weighted by Crippen LogP contribution is 2.42. The summed E-state index contributed by atoms with van der Waals surface area (Å²) in [6.07, 6.45) is -2.15. The number of aliphatic hydroxyl groups excluding tert-OH is 1. The first-order chi connectivity index (χ1) is 10.9. The van der Waals surface area contributed by atoms with Crippen LogP contribution < -0.4 is 10.4 Å². The quantitative estimate of drug-likeness (QED) is 0.670. The Kier molecular flexibility index (Phi) is 3.62. The molecule has 0 saturated carbocycles. The van der Waals surface area contributed by atoms with Gasteiger partial charge in [-0.25, -0.2) is 9.59 Å². The number of fused-ring (bicyclic) bond motifs is 1. The van der Waals surface area contributed by atoms with Crippen LogP contribution in [0.4, 0.5) is 0 Å². The maximum absolute atomic E-state index is 12.0. The van der Waals surface area contributed by atoms with Crippen molar-refractivity contribution in [3.05, 3.63) is 40.2 Å². The fourth-order valence-corrected chi connectivity index (χ4v) is 2.66. The zero-order valence-electron chi connectivity index (χ0n) is 12.9. The van der Waals surface area contributed by atoms with Crippen LogP contribution in [-0.4, -0.2) is 37.0 Å². The van der Waals surface area contributed by atoms with Crippen molar-refractivity contribution in [3.8, 4) is 5.75 Å². The Morgan fingerprint density at radius 2 is 1.96 bits per heavy atom. The largest absolute Gasteiger partial charge is 0.496 e. The minimum Gasteiger partial charge on any atom is -0.496 e. The Balaban J connectivity index is 2.14. The van der Waals surface area contributed by atoms with Gasteiger partial charge in [-0.05, 0) is 19.1 Å². The molecule has 1 N–H and O–H groups in total. The van der Waals surface area contributed by atoms with Crippen molar-refractivity contribution in [2.45, 2.75) is 24.7 Å². The molecule has 7 heteroatoms. The van der Waals surface area contributed by atoms with Gasteiger partial charge < -0.3 is 23.7 Å². The van der Waals surface area contributed by atoms with E-state index in [1.807, 2.05) is 0 Å². The molecule has 0 bridgehead atoms. The van der Waals surface area contributed by atoms with Crippen LogP contribution >= 0.6 is 0 Å². The summed E-state index contributed by atoms with van der Waals surface area (Å²) in [5.74, 6) is -0.316. The van der Waals surface area contributed by atoms with E-state index in [0.29, 0.717) is 22.3 Å². The van der Waals surface area contributed by atoms with Crippen molar-refractivity contribution < 1.29 is 28.5 Å². The van der Waals surface area contributed by atoms with Crippen molar-refractivity contribution in [3.63, 3.8) is 0 Å². The molecule has 2 heterocycles. The number of cyclic esters (lactones) is 1. The Labute approximate surface area is 131 Å². The molecule has 7 nitrogen and oxygen atoms in total. The fourth-order valence-electron chi connectivity index (χ4n) is 2.66. The van der Waals surface area contributed by atoms with E-state index < -0.39 is 29.4 Å². The number of rotatable bonds is 3. The van der Waals surface area contributed by atoms with Gasteiger partial charge >= 0.3 is 11.6 Å². The number of esters is 1. The average molecular weight is 320 g/mol. The van der Waals surface area contributed by atoms with Crippen LogP contribution in [-0.2, 0) is 14.3 Å². The molecular weight excluding hydrogens is 304 g/mol. The Morgan fingerprint density at radius 3 is 2.57 bits per heavy atom. The van der Waals surface area contributed by atoms with Gasteiger partial charge in [-0.2, -0.15) is 0 Å². The number of hydrogen-bond acceptors (Lipinski definition) is 7. The number of hydrogen-bond donors (Lipinski definition) is 1. The summed E-state index contributed by atoms with van der Waals surface area (Å²) < 4.78 is 20.8. The minimum atomic E-state index is -1.45. The second-order valence-electron chi connectivity index (χ2n) is 5.47. The highest BCUT2D eigenvalue weighted by molar-refractivity contribution is 5.84. The molecule has 23 heavy (non-hydrogen) atoms. The molecule has 122 valence electrons. The standard InChI is InChI=1S/C16H16O7/c1-16(21-3)14(18)13(23-15(16)19)9-6-8-4-5-12(17)22-10(8)7-11(9)20-2/h4-7,13-14,18H,1-3H3/t13-,14-,16-/m1/s1. The normalized spacial score (nSPS) is 27.2. The predicted molar refractivity (Wildman–Crippen MR) is 79.3 cm³/mol. The van der Waals surface area contributed by atoms with E-state index in [-0.39, 0.29) is 0 Å². The molecule has 2 aromatic rings. The fraction of sp³-hybridized carbons (Fsp3) is 0.375. The number of ether oxygens (including phenoxy) is 3. The van der Waals surface area contributed by atoms with Crippen molar-refractivity contribution in [1.29, 1.82) is 0 Å². The molecule has 3 rings (SSSR count). The summed E-state index contributed by atoms with van der Waals surface area (Å²) >= 11 is 0. The molecule has 0 amide bonds. The summed E-state index contributed by atoms with van der Waals surface area (Å²) in [6.45, 7) is 1.46. The van der Waals surface area contributed by atoms with Gasteiger partial charge in [0.1, 0.15) is 17.4 Å². The lowest BCUT2D eigenvalue weighted by Gasteiger charge is -2.23. The molecule has 0 aliphatic carbocycles. The highest BCUT2D eigenvalue weighted by atomic mass is 16.6. The van der Waals surface area contributed by atoms with E-state index in [4.69, 9.17) is 18.6 Å². The van der Waals surface area contributed by atoms with Gasteiger partial charge in [0, 0.05) is 30.2 Å². The zero-order valence-corrected chi connectivity index (χ0v) is 12.9. The highest BCUT2D eigenvalue weighted by Gasteiger charge is 2.55. The Bertz CT molecular complexity index is 825. The molecular formula is C16H16O7. The SMILES string of the molecule is COc1cc2oc(=O)ccc2cc1[C@H]1OC(=O)[C@](C)(OC)[C@@H]1O. The van der Waals surface area contributed by atoms with Crippen LogP contribution in [0.1, 0.15) is 18.6 Å². The first-order valence-electron chi connectivity index (χ1n) is 6.97. The number of carbonyl (C=O) groups is 1. The van der Waals surface area contributed by atoms with Gasteiger partial charge in [-0.3, -0.25) is 0 Å². The summed E-state index contributed by atoms with van der Waals surface area (Å²) in [6, 6.07) is 6.05. The maximum Gasteiger partial charge on any atom is 0.341 e. The van der Waals surface area contributed by atoms with Gasteiger partial charge in [-0.15, -0.1) is 0 Å². The number of methoxy groups -OCH3 is 2. The van der Waals surface area contributed by atoms with E-state index >= 15 is 0 Å². The van der Waals surface area contributed by atoms with Crippen molar-refractivity contribution >= 4 is 16.9 Å². The van der Waals surface area contributed by atoms with Crippen LogP contribution in [0.2, 0.25) is 0 Å². The van der Waals surface area contributed by atoms with E-state index in [1.54, 1.807) is 12.1 Å². The predicted octanol–water partition coefficient (Wildman–Crippen LogP) is 1.17. The van der Waals surface area contributed by atoms with E-state index in [0.717, 1.165) is 0 Å². The first-order valence-corrected chi connectivity index (χ1v) is 6.97. The third-order valence-electron chi connectivity index (χ3n) is 4.19.